The van der Waals surface area contributed by atoms with Crippen LogP contribution < -0.4 is 5.32 Å². The Kier molecular flexibility index (Phi) is 3.94. The van der Waals surface area contributed by atoms with Gasteiger partial charge in [-0.05, 0) is 42.3 Å². The summed E-state index contributed by atoms with van der Waals surface area (Å²) >= 11 is 6.15. The van der Waals surface area contributed by atoms with Crippen molar-refractivity contribution in [2.75, 3.05) is 19.0 Å². The molecule has 4 nitrogen and oxygen atoms in total. The predicted octanol–water partition coefficient (Wildman–Crippen LogP) is 4.37. The monoisotopic (exact) mass is 343 g/mol. The second-order valence-electron chi connectivity index (χ2n) is 6.21. The van der Waals surface area contributed by atoms with Crippen LogP contribution in [0.4, 0.5) is 5.69 Å². The zero-order valence-electron chi connectivity index (χ0n) is 13.3. The molecule has 3 atom stereocenters. The highest BCUT2D eigenvalue weighted by molar-refractivity contribution is 6.30. The lowest BCUT2D eigenvalue weighted by molar-refractivity contribution is 0.0600. The number of ether oxygens (including phenoxy) is 2. The van der Waals surface area contributed by atoms with Crippen LogP contribution in [0.2, 0.25) is 5.02 Å². The van der Waals surface area contributed by atoms with Crippen molar-refractivity contribution in [1.29, 1.82) is 0 Å². The molecule has 1 N–H and O–H groups in total. The average molecular weight is 344 g/mol. The number of anilines is 1. The maximum absolute atomic E-state index is 11.6. The number of hydrogen-bond donors (Lipinski definition) is 1. The van der Waals surface area contributed by atoms with Crippen LogP contribution in [-0.4, -0.2) is 19.7 Å². The highest BCUT2D eigenvalue weighted by Gasteiger charge is 2.41. The molecule has 2 aliphatic rings. The highest BCUT2D eigenvalue weighted by Crippen LogP contribution is 2.50. The van der Waals surface area contributed by atoms with E-state index in [0.717, 1.165) is 34.9 Å². The molecule has 0 aliphatic carbocycles. The minimum Gasteiger partial charge on any atom is -0.465 e. The maximum Gasteiger partial charge on any atom is 0.337 e. The maximum atomic E-state index is 11.6. The SMILES string of the molecule is COC(=O)c1ccc(C2Nc3ccc(Cl)cc3[C@H]3OCC[C@@H]23)cc1. The predicted molar refractivity (Wildman–Crippen MR) is 92.4 cm³/mol. The molecule has 0 saturated carbocycles. The van der Waals surface area contributed by atoms with E-state index in [-0.39, 0.29) is 18.1 Å². The van der Waals surface area contributed by atoms with Crippen LogP contribution in [0.1, 0.15) is 40.1 Å². The summed E-state index contributed by atoms with van der Waals surface area (Å²) in [4.78, 5) is 11.6. The van der Waals surface area contributed by atoms with Crippen molar-refractivity contribution < 1.29 is 14.3 Å². The lowest BCUT2D eigenvalue weighted by Crippen LogP contribution is -2.29. The van der Waals surface area contributed by atoms with E-state index in [9.17, 15) is 4.79 Å². The standard InChI is InChI=1S/C19H18ClNO3/c1-23-19(22)12-4-2-11(3-5-12)17-14-8-9-24-18(14)15-10-13(20)6-7-16(15)21-17/h2-7,10,14,17-18,21H,8-9H2,1H3/t14-,17?,18-/m0/s1. The summed E-state index contributed by atoms with van der Waals surface area (Å²) in [7, 11) is 1.39. The summed E-state index contributed by atoms with van der Waals surface area (Å²) in [6.07, 6.45) is 1.05. The lowest BCUT2D eigenvalue weighted by Gasteiger charge is -2.36. The third-order valence-electron chi connectivity index (χ3n) is 4.89. The van der Waals surface area contributed by atoms with Crippen LogP contribution in [0.5, 0.6) is 0 Å². The third-order valence-corrected chi connectivity index (χ3v) is 5.12. The molecular formula is C19H18ClNO3. The summed E-state index contributed by atoms with van der Waals surface area (Å²) in [6, 6.07) is 13.6. The van der Waals surface area contributed by atoms with Crippen LogP contribution in [0.15, 0.2) is 42.5 Å². The van der Waals surface area contributed by atoms with E-state index in [1.54, 1.807) is 0 Å². The fourth-order valence-corrected chi connectivity index (χ4v) is 3.90. The van der Waals surface area contributed by atoms with Gasteiger partial charge in [-0.1, -0.05) is 23.7 Å². The van der Waals surface area contributed by atoms with E-state index >= 15 is 0 Å². The molecule has 4 rings (SSSR count). The van der Waals surface area contributed by atoms with E-state index in [2.05, 4.69) is 5.32 Å². The van der Waals surface area contributed by atoms with Gasteiger partial charge in [-0.3, -0.25) is 0 Å². The van der Waals surface area contributed by atoms with Gasteiger partial charge in [0.2, 0.25) is 0 Å². The zero-order chi connectivity index (χ0) is 16.7. The van der Waals surface area contributed by atoms with Crippen molar-refractivity contribution in [3.05, 3.63) is 64.2 Å². The average Bonchev–Trinajstić information content (AvgIpc) is 3.11. The van der Waals surface area contributed by atoms with Crippen LogP contribution in [0, 0.1) is 5.92 Å². The number of hydrogen-bond acceptors (Lipinski definition) is 4. The molecule has 0 radical (unpaired) electrons. The lowest BCUT2D eigenvalue weighted by atomic mass is 9.81. The third kappa shape index (κ3) is 2.56. The molecule has 0 spiro atoms. The Morgan fingerprint density at radius 2 is 2.04 bits per heavy atom. The van der Waals surface area contributed by atoms with Crippen molar-refractivity contribution in [1.82, 2.24) is 0 Å². The van der Waals surface area contributed by atoms with Crippen LogP contribution in [-0.2, 0) is 9.47 Å². The molecule has 24 heavy (non-hydrogen) atoms. The molecule has 124 valence electrons. The van der Waals surface area contributed by atoms with Crippen LogP contribution >= 0.6 is 11.6 Å². The number of rotatable bonds is 2. The Hall–Kier alpha value is -2.04. The molecule has 2 aliphatic heterocycles. The fourth-order valence-electron chi connectivity index (χ4n) is 3.72. The zero-order valence-corrected chi connectivity index (χ0v) is 14.0. The summed E-state index contributed by atoms with van der Waals surface area (Å²) in [6.45, 7) is 0.750. The molecule has 5 heteroatoms. The summed E-state index contributed by atoms with van der Waals surface area (Å²) < 4.78 is 10.8. The van der Waals surface area contributed by atoms with E-state index in [1.807, 2.05) is 42.5 Å². The molecule has 0 aromatic heterocycles. The first-order valence-corrected chi connectivity index (χ1v) is 8.41. The van der Waals surface area contributed by atoms with Gasteiger partial charge in [0.1, 0.15) is 0 Å². The van der Waals surface area contributed by atoms with Crippen LogP contribution in [0.25, 0.3) is 0 Å². The minimum absolute atomic E-state index is 0.0604. The normalized spacial score (nSPS) is 24.7. The number of carbonyl (C=O) groups is 1. The number of halogens is 1. The van der Waals surface area contributed by atoms with Crippen molar-refractivity contribution >= 4 is 23.3 Å². The van der Waals surface area contributed by atoms with Gasteiger partial charge >= 0.3 is 5.97 Å². The molecule has 2 aromatic rings. The van der Waals surface area contributed by atoms with Gasteiger partial charge in [0, 0.05) is 28.8 Å². The Morgan fingerprint density at radius 1 is 1.25 bits per heavy atom. The van der Waals surface area contributed by atoms with Gasteiger partial charge < -0.3 is 14.8 Å². The van der Waals surface area contributed by atoms with Gasteiger partial charge in [-0.15, -0.1) is 0 Å². The summed E-state index contributed by atoms with van der Waals surface area (Å²) in [5, 5.41) is 4.35. The second kappa shape index (κ2) is 6.11. The number of carbonyl (C=O) groups excluding carboxylic acids is 1. The van der Waals surface area contributed by atoms with Crippen molar-refractivity contribution in [2.45, 2.75) is 18.6 Å². The van der Waals surface area contributed by atoms with Gasteiger partial charge in [-0.25, -0.2) is 4.79 Å². The van der Waals surface area contributed by atoms with Gasteiger partial charge in [0.25, 0.3) is 0 Å². The largest absolute Gasteiger partial charge is 0.465 e. The van der Waals surface area contributed by atoms with E-state index in [1.165, 1.54) is 7.11 Å². The molecule has 2 heterocycles. The second-order valence-corrected chi connectivity index (χ2v) is 6.65. The first-order chi connectivity index (χ1) is 11.7. The smallest absolute Gasteiger partial charge is 0.337 e. The van der Waals surface area contributed by atoms with E-state index in [0.29, 0.717) is 11.5 Å². The number of fused-ring (bicyclic) bond motifs is 3. The first kappa shape index (κ1) is 15.5. The van der Waals surface area contributed by atoms with Gasteiger partial charge in [-0.2, -0.15) is 0 Å². The molecule has 2 aromatic carbocycles. The summed E-state index contributed by atoms with van der Waals surface area (Å²) in [5.74, 6) is 0.0279. The molecule has 0 bridgehead atoms. The topological polar surface area (TPSA) is 47.6 Å². The van der Waals surface area contributed by atoms with Crippen molar-refractivity contribution in [3.8, 4) is 0 Å². The number of nitrogens with one attached hydrogen (secondary N) is 1. The van der Waals surface area contributed by atoms with E-state index < -0.39 is 0 Å². The summed E-state index contributed by atoms with van der Waals surface area (Å²) in [5.41, 5.74) is 3.89. The van der Waals surface area contributed by atoms with Crippen molar-refractivity contribution in [2.24, 2.45) is 5.92 Å². The van der Waals surface area contributed by atoms with Gasteiger partial charge in [0.05, 0.1) is 24.8 Å². The van der Waals surface area contributed by atoms with Crippen molar-refractivity contribution in [3.63, 3.8) is 0 Å². The molecule has 1 saturated heterocycles. The van der Waals surface area contributed by atoms with E-state index in [4.69, 9.17) is 21.1 Å². The van der Waals surface area contributed by atoms with Gasteiger partial charge in [0.15, 0.2) is 0 Å². The molecule has 0 amide bonds. The number of methoxy groups -OCH3 is 1. The fraction of sp³-hybridized carbons (Fsp3) is 0.316. The number of benzene rings is 2. The molecular weight excluding hydrogens is 326 g/mol. The minimum atomic E-state index is -0.319. The quantitative estimate of drug-likeness (QED) is 0.822. The Bertz CT molecular complexity index is 775. The molecule has 1 fully saturated rings. The Balaban J connectivity index is 1.68. The Labute approximate surface area is 145 Å². The molecule has 1 unspecified atom stereocenters. The number of esters is 1. The highest BCUT2D eigenvalue weighted by atomic mass is 35.5. The Morgan fingerprint density at radius 3 is 2.79 bits per heavy atom. The van der Waals surface area contributed by atoms with Crippen LogP contribution in [0.3, 0.4) is 0 Å². The first-order valence-electron chi connectivity index (χ1n) is 8.03.